The molecular formula is C11H15N3O3S. The highest BCUT2D eigenvalue weighted by atomic mass is 32.2. The Morgan fingerprint density at radius 1 is 1.50 bits per heavy atom. The first kappa shape index (κ1) is 11.9. The standard InChI is InChI=1S/C11H15N3O3S/c15-7-2-4-18-10-8-6-13(11(16)17)3-1-9(8)12-14(10)5-7/h7,15H,1-6H2,(H,16,17). The largest absolute Gasteiger partial charge is 0.465 e. The molecule has 1 aromatic heterocycles. The van der Waals surface area contributed by atoms with E-state index >= 15 is 0 Å². The van der Waals surface area contributed by atoms with Crippen molar-refractivity contribution in [1.29, 1.82) is 0 Å². The molecule has 0 spiro atoms. The molecule has 1 unspecified atom stereocenters. The molecule has 2 aliphatic heterocycles. The Hall–Kier alpha value is -1.21. The van der Waals surface area contributed by atoms with Crippen molar-refractivity contribution in [3.8, 4) is 0 Å². The van der Waals surface area contributed by atoms with Gasteiger partial charge >= 0.3 is 6.09 Å². The molecule has 2 aliphatic rings. The molecule has 0 bridgehead atoms. The SMILES string of the molecule is O=C(O)N1CCc2nn3c(c2C1)SCCC(O)C3. The van der Waals surface area contributed by atoms with Crippen LogP contribution in [0.4, 0.5) is 4.79 Å². The van der Waals surface area contributed by atoms with E-state index in [1.807, 2.05) is 4.68 Å². The van der Waals surface area contributed by atoms with Crippen LogP contribution in [0.15, 0.2) is 5.03 Å². The third kappa shape index (κ3) is 1.97. The number of fused-ring (bicyclic) bond motifs is 3. The van der Waals surface area contributed by atoms with E-state index in [2.05, 4.69) is 5.10 Å². The van der Waals surface area contributed by atoms with E-state index in [9.17, 15) is 9.90 Å². The maximum atomic E-state index is 11.0. The molecule has 0 aromatic carbocycles. The van der Waals surface area contributed by atoms with Crippen molar-refractivity contribution in [1.82, 2.24) is 14.7 Å². The van der Waals surface area contributed by atoms with Crippen LogP contribution in [0.5, 0.6) is 0 Å². The van der Waals surface area contributed by atoms with Crippen molar-refractivity contribution in [2.75, 3.05) is 12.3 Å². The normalized spacial score (nSPS) is 23.2. The smallest absolute Gasteiger partial charge is 0.407 e. The number of rotatable bonds is 0. The number of carbonyl (C=O) groups is 1. The molecule has 0 radical (unpaired) electrons. The minimum atomic E-state index is -0.876. The number of thioether (sulfide) groups is 1. The van der Waals surface area contributed by atoms with Gasteiger partial charge in [0.05, 0.1) is 29.9 Å². The van der Waals surface area contributed by atoms with Gasteiger partial charge < -0.3 is 15.1 Å². The second-order valence-corrected chi connectivity index (χ2v) is 5.74. The first-order valence-electron chi connectivity index (χ1n) is 6.02. The van der Waals surface area contributed by atoms with E-state index in [1.165, 1.54) is 4.90 Å². The van der Waals surface area contributed by atoms with E-state index in [-0.39, 0.29) is 6.10 Å². The number of amides is 1. The van der Waals surface area contributed by atoms with E-state index in [4.69, 9.17) is 5.11 Å². The van der Waals surface area contributed by atoms with Gasteiger partial charge in [-0.1, -0.05) is 0 Å². The van der Waals surface area contributed by atoms with Crippen molar-refractivity contribution in [2.24, 2.45) is 0 Å². The maximum absolute atomic E-state index is 11.0. The Morgan fingerprint density at radius 2 is 2.33 bits per heavy atom. The van der Waals surface area contributed by atoms with Crippen molar-refractivity contribution < 1.29 is 15.0 Å². The summed E-state index contributed by atoms with van der Waals surface area (Å²) in [6.07, 6.45) is 0.193. The lowest BCUT2D eigenvalue weighted by molar-refractivity contribution is 0.139. The van der Waals surface area contributed by atoms with E-state index < -0.39 is 6.09 Å². The molecule has 3 rings (SSSR count). The van der Waals surface area contributed by atoms with Crippen LogP contribution in [0.25, 0.3) is 0 Å². The molecule has 0 aliphatic carbocycles. The van der Waals surface area contributed by atoms with Gasteiger partial charge in [0.2, 0.25) is 0 Å². The fraction of sp³-hybridized carbons (Fsp3) is 0.636. The lowest BCUT2D eigenvalue weighted by Gasteiger charge is -2.23. The molecule has 1 atom stereocenters. The quantitative estimate of drug-likeness (QED) is 0.727. The third-order valence-electron chi connectivity index (χ3n) is 3.39. The van der Waals surface area contributed by atoms with Crippen molar-refractivity contribution in [2.45, 2.75) is 37.1 Å². The zero-order chi connectivity index (χ0) is 12.7. The van der Waals surface area contributed by atoms with Crippen LogP contribution in [-0.2, 0) is 19.5 Å². The zero-order valence-electron chi connectivity index (χ0n) is 9.87. The number of carboxylic acid groups (broad SMARTS) is 1. The van der Waals surface area contributed by atoms with Crippen molar-refractivity contribution >= 4 is 17.9 Å². The van der Waals surface area contributed by atoms with E-state index in [0.717, 1.165) is 28.5 Å². The summed E-state index contributed by atoms with van der Waals surface area (Å²) in [6, 6.07) is 0. The fourth-order valence-corrected chi connectivity index (χ4v) is 3.64. The molecule has 0 fully saturated rings. The number of hydrogen-bond acceptors (Lipinski definition) is 4. The molecule has 1 amide bonds. The molecule has 7 heteroatoms. The molecule has 6 nitrogen and oxygen atoms in total. The number of aromatic nitrogens is 2. The molecular weight excluding hydrogens is 254 g/mol. The molecule has 98 valence electrons. The number of hydrogen-bond donors (Lipinski definition) is 2. The maximum Gasteiger partial charge on any atom is 0.407 e. The van der Waals surface area contributed by atoms with Gasteiger partial charge in [0.15, 0.2) is 0 Å². The van der Waals surface area contributed by atoms with Crippen LogP contribution in [0, 0.1) is 0 Å². The average Bonchev–Trinajstić information content (AvgIpc) is 2.55. The summed E-state index contributed by atoms with van der Waals surface area (Å²) >= 11 is 1.67. The summed E-state index contributed by atoms with van der Waals surface area (Å²) in [5, 5.41) is 24.4. The average molecular weight is 269 g/mol. The van der Waals surface area contributed by atoms with Crippen molar-refractivity contribution in [3.63, 3.8) is 0 Å². The highest BCUT2D eigenvalue weighted by molar-refractivity contribution is 7.99. The second-order valence-electron chi connectivity index (χ2n) is 4.66. The van der Waals surface area contributed by atoms with Gasteiger partial charge in [-0.3, -0.25) is 4.68 Å². The number of aliphatic hydroxyl groups is 1. The summed E-state index contributed by atoms with van der Waals surface area (Å²) < 4.78 is 1.85. The van der Waals surface area contributed by atoms with Gasteiger partial charge in [-0.15, -0.1) is 11.8 Å². The van der Waals surface area contributed by atoms with Gasteiger partial charge in [-0.05, 0) is 6.42 Å². The first-order valence-corrected chi connectivity index (χ1v) is 7.01. The lowest BCUT2D eigenvalue weighted by atomic mass is 10.1. The highest BCUT2D eigenvalue weighted by Gasteiger charge is 2.28. The summed E-state index contributed by atoms with van der Waals surface area (Å²) in [6.45, 7) is 1.44. The molecule has 3 heterocycles. The van der Waals surface area contributed by atoms with Gasteiger partial charge in [-0.2, -0.15) is 5.10 Å². The summed E-state index contributed by atoms with van der Waals surface area (Å²) in [7, 11) is 0. The Bertz CT molecular complexity index is 488. The molecule has 2 N–H and O–H groups in total. The van der Waals surface area contributed by atoms with Crippen molar-refractivity contribution in [3.05, 3.63) is 11.3 Å². The fourth-order valence-electron chi connectivity index (χ4n) is 2.43. The van der Waals surface area contributed by atoms with Crippen LogP contribution in [0.3, 0.4) is 0 Å². The van der Waals surface area contributed by atoms with E-state index in [0.29, 0.717) is 26.1 Å². The Labute approximate surface area is 109 Å². The number of nitrogens with zero attached hydrogens (tertiary/aromatic N) is 3. The Balaban J connectivity index is 1.94. The predicted molar refractivity (Wildman–Crippen MR) is 65.7 cm³/mol. The monoisotopic (exact) mass is 269 g/mol. The molecule has 0 saturated heterocycles. The van der Waals surface area contributed by atoms with Gasteiger partial charge in [0, 0.05) is 24.3 Å². The van der Waals surface area contributed by atoms with E-state index in [1.54, 1.807) is 11.8 Å². The molecule has 18 heavy (non-hydrogen) atoms. The van der Waals surface area contributed by atoms with Crippen LogP contribution < -0.4 is 0 Å². The summed E-state index contributed by atoms with van der Waals surface area (Å²) in [4.78, 5) is 12.4. The van der Waals surface area contributed by atoms with Crippen LogP contribution >= 0.6 is 11.8 Å². The number of aliphatic hydroxyl groups excluding tert-OH is 1. The highest BCUT2D eigenvalue weighted by Crippen LogP contribution is 2.32. The molecule has 0 saturated carbocycles. The summed E-state index contributed by atoms with van der Waals surface area (Å²) in [5.74, 6) is 0.854. The van der Waals surface area contributed by atoms with Crippen LogP contribution in [0.2, 0.25) is 0 Å². The zero-order valence-corrected chi connectivity index (χ0v) is 10.7. The predicted octanol–water partition coefficient (Wildman–Crippen LogP) is 0.776. The summed E-state index contributed by atoms with van der Waals surface area (Å²) in [5.41, 5.74) is 2.02. The first-order chi connectivity index (χ1) is 8.65. The Kier molecular flexibility index (Phi) is 2.95. The second kappa shape index (κ2) is 4.47. The van der Waals surface area contributed by atoms with Gasteiger partial charge in [-0.25, -0.2) is 4.79 Å². The van der Waals surface area contributed by atoms with Crippen LogP contribution in [0.1, 0.15) is 17.7 Å². The lowest BCUT2D eigenvalue weighted by Crippen LogP contribution is -2.34. The van der Waals surface area contributed by atoms with Gasteiger partial charge in [0.25, 0.3) is 0 Å². The van der Waals surface area contributed by atoms with Gasteiger partial charge in [0.1, 0.15) is 0 Å². The van der Waals surface area contributed by atoms with Crippen LogP contribution in [-0.4, -0.2) is 49.4 Å². The third-order valence-corrected chi connectivity index (χ3v) is 4.56. The molecule has 1 aromatic rings. The topological polar surface area (TPSA) is 78.6 Å². The minimum Gasteiger partial charge on any atom is -0.465 e. The Morgan fingerprint density at radius 3 is 3.11 bits per heavy atom. The minimum absolute atomic E-state index is 0.351.